The van der Waals surface area contributed by atoms with E-state index in [0.29, 0.717) is 0 Å². The van der Waals surface area contributed by atoms with E-state index < -0.39 is 0 Å². The molecule has 0 N–H and O–H groups in total. The lowest BCUT2D eigenvalue weighted by atomic mass is 9.98. The van der Waals surface area contributed by atoms with Crippen molar-refractivity contribution in [2.24, 2.45) is 0 Å². The minimum absolute atomic E-state index is 1.08. The number of allylic oxidation sites excluding steroid dienone is 1. The summed E-state index contributed by atoms with van der Waals surface area (Å²) in [6, 6.07) is 93.5. The van der Waals surface area contributed by atoms with Crippen molar-refractivity contribution in [1.29, 1.82) is 0 Å². The Balaban J connectivity index is 0.907. The monoisotopic (exact) mass is 832 g/mol. The smallest absolute Gasteiger partial charge is 0.0462 e. The molecule has 0 saturated heterocycles. The second-order valence-electron chi connectivity index (χ2n) is 16.4. The first kappa shape index (κ1) is 40.6. The van der Waals surface area contributed by atoms with Crippen LogP contribution in [-0.4, -0.2) is 0 Å². The summed E-state index contributed by atoms with van der Waals surface area (Å²) in [7, 11) is 0. The summed E-state index contributed by atoms with van der Waals surface area (Å²) in [5, 5.41) is 0. The van der Waals surface area contributed by atoms with Crippen molar-refractivity contribution in [1.82, 2.24) is 0 Å². The van der Waals surface area contributed by atoms with Crippen molar-refractivity contribution in [3.05, 3.63) is 273 Å². The first-order valence-electron chi connectivity index (χ1n) is 22.2. The van der Waals surface area contributed by atoms with Crippen LogP contribution in [0.25, 0.3) is 61.2 Å². The molecule has 0 radical (unpaired) electrons. The standard InChI is InChI=1S/C63H48N2/c1-46(2)47-18-20-50(21-19-47)51-22-24-52(25-23-51)55-30-40-59(41-31-55)64(58-16-10-5-11-17-58)60-42-32-56(33-43-60)57-34-44-63(45-35-57)65(61-36-26-53(27-37-61)48-12-6-3-7-13-48)62-38-28-54(29-39-62)49-14-8-4-9-15-49/h3-45H,1H2,2H3. The maximum absolute atomic E-state index is 4.07. The number of nitrogens with zero attached hydrogens (tertiary/aromatic N) is 2. The van der Waals surface area contributed by atoms with Crippen molar-refractivity contribution in [2.45, 2.75) is 6.92 Å². The molecule has 0 bridgehead atoms. The predicted octanol–water partition coefficient (Wildman–Crippen LogP) is 18.0. The largest absolute Gasteiger partial charge is 0.311 e. The average molecular weight is 833 g/mol. The molecule has 0 fully saturated rings. The van der Waals surface area contributed by atoms with E-state index in [2.05, 4.69) is 277 Å². The van der Waals surface area contributed by atoms with Crippen LogP contribution in [0.1, 0.15) is 12.5 Å². The summed E-state index contributed by atoms with van der Waals surface area (Å²) in [6.07, 6.45) is 0. The molecule has 0 heterocycles. The quantitative estimate of drug-likeness (QED) is 0.121. The molecule has 2 heteroatoms. The van der Waals surface area contributed by atoms with Crippen LogP contribution in [0.2, 0.25) is 0 Å². The number of para-hydroxylation sites is 1. The molecule has 0 aliphatic carbocycles. The van der Waals surface area contributed by atoms with E-state index in [0.717, 1.165) is 50.8 Å². The van der Waals surface area contributed by atoms with Gasteiger partial charge in [0.05, 0.1) is 0 Å². The molecule has 0 atom stereocenters. The summed E-state index contributed by atoms with van der Waals surface area (Å²) in [4.78, 5) is 4.65. The molecule has 10 aromatic carbocycles. The predicted molar refractivity (Wildman–Crippen MR) is 278 cm³/mol. The summed E-state index contributed by atoms with van der Waals surface area (Å²) < 4.78 is 0. The van der Waals surface area contributed by atoms with E-state index in [1.807, 2.05) is 6.92 Å². The van der Waals surface area contributed by atoms with Gasteiger partial charge < -0.3 is 9.80 Å². The summed E-state index contributed by atoms with van der Waals surface area (Å²) in [5.74, 6) is 0. The zero-order valence-corrected chi connectivity index (χ0v) is 36.4. The Morgan fingerprint density at radius 3 is 0.662 bits per heavy atom. The second kappa shape index (κ2) is 18.5. The number of hydrogen-bond acceptors (Lipinski definition) is 2. The van der Waals surface area contributed by atoms with E-state index in [9.17, 15) is 0 Å². The third kappa shape index (κ3) is 8.93. The zero-order valence-electron chi connectivity index (χ0n) is 36.4. The second-order valence-corrected chi connectivity index (χ2v) is 16.4. The van der Waals surface area contributed by atoms with Crippen molar-refractivity contribution in [3.8, 4) is 55.6 Å². The molecule has 65 heavy (non-hydrogen) atoms. The van der Waals surface area contributed by atoms with Crippen LogP contribution in [0.3, 0.4) is 0 Å². The Labute approximate surface area is 383 Å². The molecule has 0 aliphatic heterocycles. The van der Waals surface area contributed by atoms with Gasteiger partial charge in [0.2, 0.25) is 0 Å². The molecule has 0 amide bonds. The van der Waals surface area contributed by atoms with Gasteiger partial charge in [-0.15, -0.1) is 0 Å². The molecule has 0 saturated carbocycles. The van der Waals surface area contributed by atoms with E-state index >= 15 is 0 Å². The zero-order chi connectivity index (χ0) is 44.0. The Kier molecular flexibility index (Phi) is 11.5. The highest BCUT2D eigenvalue weighted by Crippen LogP contribution is 2.40. The molecule has 0 aromatic heterocycles. The first-order valence-corrected chi connectivity index (χ1v) is 22.2. The Morgan fingerprint density at radius 1 is 0.231 bits per heavy atom. The highest BCUT2D eigenvalue weighted by Gasteiger charge is 2.16. The van der Waals surface area contributed by atoms with Gasteiger partial charge in [0.1, 0.15) is 0 Å². The van der Waals surface area contributed by atoms with Crippen LogP contribution >= 0.6 is 0 Å². The minimum Gasteiger partial charge on any atom is -0.311 e. The highest BCUT2D eigenvalue weighted by atomic mass is 15.1. The number of anilines is 6. The van der Waals surface area contributed by atoms with Crippen molar-refractivity contribution in [3.63, 3.8) is 0 Å². The lowest BCUT2D eigenvalue weighted by Crippen LogP contribution is -2.10. The Bertz CT molecular complexity index is 3040. The summed E-state index contributed by atoms with van der Waals surface area (Å²) in [6.45, 7) is 6.11. The third-order valence-corrected chi connectivity index (χ3v) is 12.1. The van der Waals surface area contributed by atoms with Gasteiger partial charge in [-0.2, -0.15) is 0 Å². The lowest BCUT2D eigenvalue weighted by molar-refractivity contribution is 1.28. The molecule has 0 unspecified atom stereocenters. The van der Waals surface area contributed by atoms with Crippen molar-refractivity contribution < 1.29 is 0 Å². The average Bonchev–Trinajstić information content (AvgIpc) is 3.38. The van der Waals surface area contributed by atoms with Crippen LogP contribution < -0.4 is 9.80 Å². The van der Waals surface area contributed by atoms with E-state index in [1.165, 1.54) is 50.1 Å². The molecule has 0 spiro atoms. The fourth-order valence-electron chi connectivity index (χ4n) is 8.55. The molecular weight excluding hydrogens is 785 g/mol. The van der Waals surface area contributed by atoms with Gasteiger partial charge in [-0.05, 0) is 141 Å². The van der Waals surface area contributed by atoms with Crippen LogP contribution in [-0.2, 0) is 0 Å². The van der Waals surface area contributed by atoms with Crippen molar-refractivity contribution in [2.75, 3.05) is 9.80 Å². The molecule has 0 aliphatic rings. The molecule has 2 nitrogen and oxygen atoms in total. The number of benzene rings is 10. The van der Waals surface area contributed by atoms with Crippen LogP contribution in [0.4, 0.5) is 34.1 Å². The maximum atomic E-state index is 4.07. The molecule has 310 valence electrons. The Morgan fingerprint density at radius 2 is 0.415 bits per heavy atom. The highest BCUT2D eigenvalue weighted by molar-refractivity contribution is 5.83. The SMILES string of the molecule is C=C(C)c1ccc(-c2ccc(-c3ccc(N(c4ccccc4)c4ccc(-c5ccc(N(c6ccc(-c7ccccc7)cc6)c6ccc(-c7ccccc7)cc6)cc5)cc4)cc3)cc2)cc1. The normalized spacial score (nSPS) is 10.9. The van der Waals surface area contributed by atoms with Crippen LogP contribution in [0.5, 0.6) is 0 Å². The van der Waals surface area contributed by atoms with Gasteiger partial charge in [-0.1, -0.05) is 200 Å². The topological polar surface area (TPSA) is 6.48 Å². The fourth-order valence-corrected chi connectivity index (χ4v) is 8.55. The fraction of sp³-hybridized carbons (Fsp3) is 0.0159. The molecule has 10 rings (SSSR count). The summed E-state index contributed by atoms with van der Waals surface area (Å²) >= 11 is 0. The van der Waals surface area contributed by atoms with E-state index in [-0.39, 0.29) is 0 Å². The number of rotatable bonds is 12. The van der Waals surface area contributed by atoms with Gasteiger partial charge in [-0.25, -0.2) is 0 Å². The van der Waals surface area contributed by atoms with E-state index in [1.54, 1.807) is 0 Å². The Hall–Kier alpha value is -8.46. The lowest BCUT2D eigenvalue weighted by Gasteiger charge is -2.26. The van der Waals surface area contributed by atoms with Gasteiger partial charge >= 0.3 is 0 Å². The number of hydrogen-bond donors (Lipinski definition) is 0. The van der Waals surface area contributed by atoms with Gasteiger partial charge in [0.15, 0.2) is 0 Å². The first-order chi connectivity index (χ1) is 32.0. The minimum atomic E-state index is 1.08. The van der Waals surface area contributed by atoms with Gasteiger partial charge in [0, 0.05) is 34.1 Å². The third-order valence-electron chi connectivity index (χ3n) is 12.1. The van der Waals surface area contributed by atoms with E-state index in [4.69, 9.17) is 0 Å². The molecule has 10 aromatic rings. The van der Waals surface area contributed by atoms with Crippen molar-refractivity contribution >= 4 is 39.7 Å². The molecular formula is C63H48N2. The summed E-state index contributed by atoms with van der Waals surface area (Å²) in [5.41, 5.74) is 20.7. The van der Waals surface area contributed by atoms with Gasteiger partial charge in [-0.3, -0.25) is 0 Å². The maximum Gasteiger partial charge on any atom is 0.0462 e. The van der Waals surface area contributed by atoms with Gasteiger partial charge in [0.25, 0.3) is 0 Å². The van der Waals surface area contributed by atoms with Crippen LogP contribution in [0, 0.1) is 0 Å². The van der Waals surface area contributed by atoms with Crippen LogP contribution in [0.15, 0.2) is 267 Å².